The van der Waals surface area contributed by atoms with E-state index in [1.165, 1.54) is 23.7 Å². The van der Waals surface area contributed by atoms with Gasteiger partial charge in [-0.2, -0.15) is 13.2 Å². The zero-order valence-corrected chi connectivity index (χ0v) is 19.6. The molecule has 186 valence electrons. The number of nitrogens with one attached hydrogen (secondary N) is 2. The minimum atomic E-state index is -4.49. The molecule has 0 spiro atoms. The molecule has 3 atom stereocenters. The third kappa shape index (κ3) is 4.64. The van der Waals surface area contributed by atoms with Gasteiger partial charge in [0.05, 0.1) is 24.6 Å². The van der Waals surface area contributed by atoms with E-state index in [1.54, 1.807) is 0 Å². The first-order chi connectivity index (χ1) is 16.9. The summed E-state index contributed by atoms with van der Waals surface area (Å²) in [5, 5.41) is 7.52. The van der Waals surface area contributed by atoms with Crippen molar-refractivity contribution in [3.63, 3.8) is 0 Å². The predicted molar refractivity (Wildman–Crippen MR) is 128 cm³/mol. The fraction of sp³-hybridized carbons (Fsp3) is 0.480. The summed E-state index contributed by atoms with van der Waals surface area (Å²) in [6, 6.07) is 9.55. The maximum atomic E-state index is 13.4. The highest BCUT2D eigenvalue weighted by Gasteiger charge is 2.40. The number of alkyl halides is 3. The van der Waals surface area contributed by atoms with Crippen molar-refractivity contribution in [2.75, 3.05) is 38.3 Å². The van der Waals surface area contributed by atoms with Gasteiger partial charge < -0.3 is 20.0 Å². The van der Waals surface area contributed by atoms with E-state index < -0.39 is 11.9 Å². The van der Waals surface area contributed by atoms with Crippen LogP contribution in [0.1, 0.15) is 35.7 Å². The average Bonchev–Trinajstić information content (AvgIpc) is 3.50. The van der Waals surface area contributed by atoms with Crippen molar-refractivity contribution in [3.8, 4) is 0 Å². The number of halogens is 3. The lowest BCUT2D eigenvalue weighted by Crippen LogP contribution is -2.47. The van der Waals surface area contributed by atoms with Crippen LogP contribution in [0.2, 0.25) is 0 Å². The maximum absolute atomic E-state index is 13.4. The van der Waals surface area contributed by atoms with Crippen molar-refractivity contribution in [3.05, 3.63) is 53.5 Å². The van der Waals surface area contributed by atoms with E-state index >= 15 is 0 Å². The summed E-state index contributed by atoms with van der Waals surface area (Å²) in [4.78, 5) is 15.4. The summed E-state index contributed by atoms with van der Waals surface area (Å²) >= 11 is 0. The molecule has 1 aliphatic carbocycles. The predicted octanol–water partition coefficient (Wildman–Crippen LogP) is 4.46. The first-order valence-corrected chi connectivity index (χ1v) is 11.9. The Morgan fingerprint density at radius 3 is 2.89 bits per heavy atom. The summed E-state index contributed by atoms with van der Waals surface area (Å²) in [7, 11) is 1.92. The second-order valence-electron chi connectivity index (χ2n) is 9.39. The number of ether oxygens (including phenoxy) is 1. The number of nitrogens with zero attached hydrogens (tertiary/aromatic N) is 4. The summed E-state index contributed by atoms with van der Waals surface area (Å²) in [5.74, 6) is 0.890. The molecule has 7 nitrogen and oxygen atoms in total. The molecule has 10 heteroatoms. The van der Waals surface area contributed by atoms with Gasteiger partial charge in [-0.05, 0) is 48.9 Å². The Kier molecular flexibility index (Phi) is 6.50. The third-order valence-corrected chi connectivity index (χ3v) is 7.25. The zero-order valence-electron chi connectivity index (χ0n) is 19.6. The number of H-pyrrole nitrogens is 1. The van der Waals surface area contributed by atoms with Gasteiger partial charge in [-0.1, -0.05) is 24.3 Å². The molecule has 2 N–H and O–H groups in total. The summed E-state index contributed by atoms with van der Waals surface area (Å²) in [6.45, 7) is 2.80. The standard InChI is InChI=1S/C25H29F3N6O/c1-33(24-19-12-21(25(26,27)28)32-23(19)30-15-31-24)22-18-5-3-2-4-17(18)6-7-20(22)34-10-8-16(13-34)14-35-11-9-29/h2-5,9,12,15-16,20,22,29H,6-8,10-11,13-14H2,1H3,(H,30,31,32)/t16-,20?,22?/m1/s1. The van der Waals surface area contributed by atoms with Crippen LogP contribution < -0.4 is 4.90 Å². The van der Waals surface area contributed by atoms with Crippen LogP contribution in [-0.4, -0.2) is 65.5 Å². The first kappa shape index (κ1) is 23.7. The molecule has 2 unspecified atom stereocenters. The minimum Gasteiger partial charge on any atom is -0.375 e. The Labute approximate surface area is 201 Å². The van der Waals surface area contributed by atoms with Crippen molar-refractivity contribution < 1.29 is 17.9 Å². The highest BCUT2D eigenvalue weighted by molar-refractivity contribution is 5.88. The normalized spacial score (nSPS) is 22.9. The van der Waals surface area contributed by atoms with Crippen molar-refractivity contribution in [2.24, 2.45) is 5.92 Å². The Morgan fingerprint density at radius 1 is 1.26 bits per heavy atom. The number of anilines is 1. The van der Waals surface area contributed by atoms with Crippen LogP contribution in [0.4, 0.5) is 19.0 Å². The number of benzene rings is 1. The van der Waals surface area contributed by atoms with Crippen LogP contribution in [0.25, 0.3) is 11.0 Å². The molecule has 3 aromatic rings. The fourth-order valence-corrected chi connectivity index (χ4v) is 5.65. The largest absolute Gasteiger partial charge is 0.431 e. The zero-order chi connectivity index (χ0) is 24.6. The quantitative estimate of drug-likeness (QED) is 0.381. The number of likely N-dealkylation sites (N-methyl/N-ethyl adjacent to an activating group) is 1. The number of aromatic amines is 1. The molecule has 0 saturated carbocycles. The Hall–Kier alpha value is -2.98. The van der Waals surface area contributed by atoms with Crippen molar-refractivity contribution in [1.29, 1.82) is 5.41 Å². The molecule has 0 bridgehead atoms. The highest BCUT2D eigenvalue weighted by atomic mass is 19.4. The van der Waals surface area contributed by atoms with Crippen LogP contribution in [0, 0.1) is 11.3 Å². The van der Waals surface area contributed by atoms with E-state index in [4.69, 9.17) is 10.1 Å². The van der Waals surface area contributed by atoms with Gasteiger partial charge in [0.25, 0.3) is 0 Å². The van der Waals surface area contributed by atoms with E-state index in [1.807, 2.05) is 24.1 Å². The molecule has 0 radical (unpaired) electrons. The van der Waals surface area contributed by atoms with E-state index in [2.05, 4.69) is 32.0 Å². The molecule has 1 aliphatic heterocycles. The topological polar surface area (TPSA) is 81.1 Å². The fourth-order valence-electron chi connectivity index (χ4n) is 5.65. The second-order valence-corrected chi connectivity index (χ2v) is 9.39. The second kappa shape index (κ2) is 9.58. The van der Waals surface area contributed by atoms with E-state index in [0.717, 1.165) is 38.4 Å². The highest BCUT2D eigenvalue weighted by Crippen LogP contribution is 2.42. The Morgan fingerprint density at radius 2 is 2.09 bits per heavy atom. The number of likely N-dealkylation sites (tertiary alicyclic amines) is 1. The molecule has 0 amide bonds. The monoisotopic (exact) mass is 486 g/mol. The lowest BCUT2D eigenvalue weighted by Gasteiger charge is -2.44. The molecule has 35 heavy (non-hydrogen) atoms. The van der Waals surface area contributed by atoms with Gasteiger partial charge in [0, 0.05) is 25.8 Å². The molecule has 5 rings (SSSR count). The van der Waals surface area contributed by atoms with E-state index in [-0.39, 0.29) is 17.7 Å². The smallest absolute Gasteiger partial charge is 0.375 e. The average molecular weight is 487 g/mol. The summed E-state index contributed by atoms with van der Waals surface area (Å²) < 4.78 is 45.8. The van der Waals surface area contributed by atoms with Gasteiger partial charge in [-0.15, -0.1) is 0 Å². The molecule has 3 heterocycles. The van der Waals surface area contributed by atoms with Gasteiger partial charge in [0.1, 0.15) is 23.5 Å². The van der Waals surface area contributed by atoms with Crippen LogP contribution in [0.15, 0.2) is 36.7 Å². The molecule has 2 aromatic heterocycles. The Balaban J connectivity index is 1.49. The van der Waals surface area contributed by atoms with Crippen LogP contribution >= 0.6 is 0 Å². The van der Waals surface area contributed by atoms with E-state index in [0.29, 0.717) is 30.3 Å². The van der Waals surface area contributed by atoms with Gasteiger partial charge in [0.15, 0.2) is 0 Å². The third-order valence-electron chi connectivity index (χ3n) is 7.25. The van der Waals surface area contributed by atoms with Crippen LogP contribution in [0.5, 0.6) is 0 Å². The molecule has 2 aliphatic rings. The van der Waals surface area contributed by atoms with Crippen molar-refractivity contribution >= 4 is 23.1 Å². The first-order valence-electron chi connectivity index (χ1n) is 11.9. The lowest BCUT2D eigenvalue weighted by molar-refractivity contribution is -0.140. The molecular formula is C25H29F3N6O. The van der Waals surface area contributed by atoms with Crippen LogP contribution in [0.3, 0.4) is 0 Å². The van der Waals surface area contributed by atoms with Gasteiger partial charge in [-0.25, -0.2) is 9.97 Å². The molecular weight excluding hydrogens is 457 g/mol. The van der Waals surface area contributed by atoms with Gasteiger partial charge in [-0.3, -0.25) is 4.90 Å². The number of fused-ring (bicyclic) bond motifs is 2. The van der Waals surface area contributed by atoms with E-state index in [9.17, 15) is 13.2 Å². The molecule has 1 aromatic carbocycles. The number of rotatable bonds is 7. The summed E-state index contributed by atoms with van der Waals surface area (Å²) in [5.41, 5.74) is 1.81. The van der Waals surface area contributed by atoms with Crippen molar-refractivity contribution in [1.82, 2.24) is 19.9 Å². The molecule has 1 fully saturated rings. The number of aryl methyl sites for hydroxylation is 1. The van der Waals surface area contributed by atoms with Crippen molar-refractivity contribution in [2.45, 2.75) is 37.5 Å². The van der Waals surface area contributed by atoms with Gasteiger partial charge in [0.2, 0.25) is 0 Å². The summed E-state index contributed by atoms with van der Waals surface area (Å²) in [6.07, 6.45) is 1.04. The maximum Gasteiger partial charge on any atom is 0.431 e. The number of hydrogen-bond donors (Lipinski definition) is 2. The number of hydrogen-bond acceptors (Lipinski definition) is 6. The SMILES string of the molecule is CN(c1ncnc2[nH]c(C(F)(F)F)cc12)C1c2ccccc2CCC1N1CC[C@@H](COCC=N)C1. The number of aromatic nitrogens is 3. The van der Waals surface area contributed by atoms with Crippen LogP contribution in [-0.2, 0) is 17.3 Å². The Bertz CT molecular complexity index is 1200. The molecule has 1 saturated heterocycles. The minimum absolute atomic E-state index is 0.0662. The van der Waals surface area contributed by atoms with Gasteiger partial charge >= 0.3 is 6.18 Å². The lowest BCUT2D eigenvalue weighted by atomic mass is 9.82.